The lowest BCUT2D eigenvalue weighted by atomic mass is 9.91. The maximum absolute atomic E-state index is 7.66. The second-order valence-corrected chi connectivity index (χ2v) is 24.0. The van der Waals surface area contributed by atoms with Crippen LogP contribution < -0.4 is 0 Å². The second-order valence-electron chi connectivity index (χ2n) is 14.7. The van der Waals surface area contributed by atoms with Crippen LogP contribution in [0.2, 0.25) is 8.55 Å². The normalized spacial score (nSPS) is 22.6. The van der Waals surface area contributed by atoms with Gasteiger partial charge in [-0.15, -0.1) is 27.0 Å². The van der Waals surface area contributed by atoms with E-state index in [1.807, 2.05) is 0 Å². The van der Waals surface area contributed by atoms with E-state index in [0.717, 1.165) is 6.42 Å². The summed E-state index contributed by atoms with van der Waals surface area (Å²) in [5.74, 6) is 3.55. The number of allylic oxidation sites excluding steroid dienone is 4. The highest BCUT2D eigenvalue weighted by Gasteiger charge is 2.60. The van der Waals surface area contributed by atoms with E-state index in [1.165, 1.54) is 10.4 Å². The highest BCUT2D eigenvalue weighted by atomic mass is 35.6. The van der Waals surface area contributed by atoms with Gasteiger partial charge in [0.2, 0.25) is 0 Å². The van der Waals surface area contributed by atoms with Crippen molar-refractivity contribution < 1.29 is 0 Å². The quantitative estimate of drug-likeness (QED) is 0.218. The molecule has 0 aromatic rings. The van der Waals surface area contributed by atoms with Gasteiger partial charge in [-0.05, 0) is 43.2 Å². The lowest BCUT2D eigenvalue weighted by Crippen LogP contribution is -2.55. The molecule has 0 aliphatic carbocycles. The average molecular weight is 463 g/mol. The molecule has 0 saturated carbocycles. The maximum atomic E-state index is 7.66. The van der Waals surface area contributed by atoms with Gasteiger partial charge in [0.25, 0.3) is 7.38 Å². The van der Waals surface area contributed by atoms with Crippen LogP contribution in [0.5, 0.6) is 0 Å². The van der Waals surface area contributed by atoms with Gasteiger partial charge in [-0.25, -0.2) is 0 Å². The van der Waals surface area contributed by atoms with E-state index < -0.39 is 21.5 Å². The molecular weight excluding hydrogens is 415 g/mol. The van der Waals surface area contributed by atoms with Crippen LogP contribution in [0.15, 0.2) is 20.9 Å². The predicted molar refractivity (Wildman–Crippen MR) is 143 cm³/mol. The van der Waals surface area contributed by atoms with Crippen molar-refractivity contribution >= 4 is 32.6 Å². The zero-order valence-electron chi connectivity index (χ0n) is 22.7. The first kappa shape index (κ1) is 28.1. The number of rotatable bonds is 2. The van der Waals surface area contributed by atoms with Gasteiger partial charge in [0.15, 0.2) is 0 Å². The third-order valence-electron chi connectivity index (χ3n) is 5.57. The predicted octanol–water partition coefficient (Wildman–Crippen LogP) is 9.19. The first-order chi connectivity index (χ1) is 12.9. The summed E-state index contributed by atoms with van der Waals surface area (Å²) >= 11 is 6.29. The lowest BCUT2D eigenvalue weighted by Gasteiger charge is -2.52. The molecule has 3 heteroatoms. The third-order valence-corrected chi connectivity index (χ3v) is 15.6. The van der Waals surface area contributed by atoms with Crippen molar-refractivity contribution in [1.29, 1.82) is 0 Å². The van der Waals surface area contributed by atoms with Gasteiger partial charge in [0.1, 0.15) is 0 Å². The Bertz CT molecular complexity index is 757. The summed E-state index contributed by atoms with van der Waals surface area (Å²) in [6, 6.07) is 0. The van der Waals surface area contributed by atoms with Gasteiger partial charge >= 0.3 is 14.1 Å². The van der Waals surface area contributed by atoms with E-state index in [2.05, 4.69) is 121 Å². The number of halogens is 1. The molecule has 1 atom stereocenters. The van der Waals surface area contributed by atoms with Crippen LogP contribution in [0.1, 0.15) is 110 Å². The molecule has 0 amide bonds. The average Bonchev–Trinajstić information content (AvgIpc) is 2.37. The first-order valence-corrected chi connectivity index (χ1v) is 16.3. The summed E-state index contributed by atoms with van der Waals surface area (Å²) in [4.78, 5) is 0. The standard InChI is InChI=1S/C19H30ClSi.2C4H9.Al/c1-17(2,3)11-10-15-14-16(19(7,8)9)21(15,20)13-12-18(4,5)6;2*1-4(2)3;/h10H,11H2,1-9H3;2*1-3H3;/b15-10+;;;. The van der Waals surface area contributed by atoms with Gasteiger partial charge in [0.05, 0.1) is 0 Å². The van der Waals surface area contributed by atoms with Crippen LogP contribution in [0.25, 0.3) is 0 Å². The smallest absolute Gasteiger partial charge is 0.138 e. The minimum absolute atomic E-state index is 0.0341. The molecule has 0 aromatic heterocycles. The Morgan fingerprint density at radius 3 is 1.53 bits per heavy atom. The van der Waals surface area contributed by atoms with Crippen LogP contribution in [0.4, 0.5) is 0 Å². The maximum Gasteiger partial charge on any atom is 0.316 e. The molecule has 0 N–H and O–H groups in total. The summed E-state index contributed by atoms with van der Waals surface area (Å²) < 4.78 is 2.24. The van der Waals surface area contributed by atoms with Crippen molar-refractivity contribution in [3.05, 3.63) is 20.9 Å². The summed E-state index contributed by atoms with van der Waals surface area (Å²) in [5, 5.41) is 2.98. The van der Waals surface area contributed by atoms with E-state index >= 15 is 0 Å². The van der Waals surface area contributed by atoms with Gasteiger partial charge in [0, 0.05) is 5.41 Å². The Morgan fingerprint density at radius 1 is 0.800 bits per heavy atom. The Morgan fingerprint density at radius 2 is 1.23 bits per heavy atom. The molecule has 0 bridgehead atoms. The molecule has 1 unspecified atom stereocenters. The Labute approximate surface area is 199 Å². The zero-order chi connectivity index (χ0) is 24.1. The molecule has 0 fully saturated rings. The fraction of sp³-hybridized carbons (Fsp3) is 0.778. The summed E-state index contributed by atoms with van der Waals surface area (Å²) in [6.07, 6.45) is 3.55. The molecule has 170 valence electrons. The summed E-state index contributed by atoms with van der Waals surface area (Å²) in [7, 11) is -2.50. The Balaban J connectivity index is 3.99. The van der Waals surface area contributed by atoms with Crippen LogP contribution in [0.3, 0.4) is 0 Å². The first-order valence-electron chi connectivity index (χ1n) is 11.6. The fourth-order valence-corrected chi connectivity index (χ4v) is 18.4. The molecule has 0 radical (unpaired) electrons. The monoisotopic (exact) mass is 462 g/mol. The molecular formula is C27H48AlClSi. The van der Waals surface area contributed by atoms with Gasteiger partial charge in [-0.3, -0.25) is 0 Å². The van der Waals surface area contributed by atoms with Crippen molar-refractivity contribution in [3.8, 4) is 11.5 Å². The van der Waals surface area contributed by atoms with Crippen molar-refractivity contribution in [2.75, 3.05) is 0 Å². The zero-order valence-corrected chi connectivity index (χ0v) is 25.7. The van der Waals surface area contributed by atoms with Crippen LogP contribution in [-0.4, -0.2) is 21.5 Å². The van der Waals surface area contributed by atoms with Crippen molar-refractivity contribution in [2.45, 2.75) is 119 Å². The second kappa shape index (κ2) is 8.45. The van der Waals surface area contributed by atoms with E-state index in [-0.39, 0.29) is 24.8 Å². The van der Waals surface area contributed by atoms with Gasteiger partial charge in [-0.2, -0.15) is 0 Å². The van der Waals surface area contributed by atoms with E-state index in [0.29, 0.717) is 0 Å². The Hall–Kier alpha value is 0.0794. The van der Waals surface area contributed by atoms with Gasteiger partial charge < -0.3 is 0 Å². The van der Waals surface area contributed by atoms with E-state index in [9.17, 15) is 0 Å². The highest BCUT2D eigenvalue weighted by Crippen LogP contribution is 2.59. The molecule has 30 heavy (non-hydrogen) atoms. The fourth-order valence-electron chi connectivity index (χ4n) is 5.03. The minimum Gasteiger partial charge on any atom is -0.138 e. The minimum atomic E-state index is -2.50. The molecule has 1 heterocycles. The van der Waals surface area contributed by atoms with E-state index in [1.54, 1.807) is 4.44 Å². The topological polar surface area (TPSA) is 0 Å². The summed E-state index contributed by atoms with van der Waals surface area (Å²) in [6.45, 7) is 35.2. The molecule has 1 rings (SSSR count). The molecule has 1 aliphatic heterocycles. The number of hydrogen-bond acceptors (Lipinski definition) is 0. The SMILES string of the molecule is CC(C)(C)C#C[Si]1(Cl)C(C(C)(C)C)=[C]([Al]([C](C)(C)C)[C](C)(C)C)/C1=C\CC(C)(C)C. The summed E-state index contributed by atoms with van der Waals surface area (Å²) in [5.41, 5.74) is 3.98. The highest BCUT2D eigenvalue weighted by molar-refractivity contribution is 7.36. The lowest BCUT2D eigenvalue weighted by molar-refractivity contribution is 0.420. The molecule has 0 saturated heterocycles. The van der Waals surface area contributed by atoms with Crippen molar-refractivity contribution in [1.82, 2.24) is 0 Å². The van der Waals surface area contributed by atoms with Crippen LogP contribution >= 0.6 is 11.1 Å². The van der Waals surface area contributed by atoms with Crippen LogP contribution in [0, 0.1) is 27.7 Å². The largest absolute Gasteiger partial charge is 0.316 e. The van der Waals surface area contributed by atoms with Crippen LogP contribution in [-0.2, 0) is 0 Å². The molecule has 0 nitrogen and oxygen atoms in total. The number of hydrogen-bond donors (Lipinski definition) is 0. The van der Waals surface area contributed by atoms with Crippen molar-refractivity contribution in [2.24, 2.45) is 16.2 Å². The third kappa shape index (κ3) is 6.79. The van der Waals surface area contributed by atoms with Gasteiger partial charge in [-0.1, -0.05) is 103 Å². The Kier molecular flexibility index (Phi) is 7.92. The molecule has 1 aliphatic rings. The van der Waals surface area contributed by atoms with Crippen molar-refractivity contribution in [3.63, 3.8) is 0 Å². The van der Waals surface area contributed by atoms with E-state index in [4.69, 9.17) is 11.1 Å². The molecule has 0 aromatic carbocycles. The molecule has 0 spiro atoms.